The number of amides is 2. The Morgan fingerprint density at radius 3 is 2.78 bits per heavy atom. The average Bonchev–Trinajstić information content (AvgIpc) is 2.80. The maximum atomic E-state index is 12.5. The monoisotopic (exact) mass is 368 g/mol. The van der Waals surface area contributed by atoms with Crippen LogP contribution in [0.25, 0.3) is 0 Å². The van der Waals surface area contributed by atoms with Gasteiger partial charge in [-0.3, -0.25) is 9.59 Å². The summed E-state index contributed by atoms with van der Waals surface area (Å²) in [6.45, 7) is 3.39. The summed E-state index contributed by atoms with van der Waals surface area (Å²) >= 11 is 0. The molecule has 1 heterocycles. The molecule has 0 saturated carbocycles. The first-order chi connectivity index (χ1) is 13.1. The predicted octanol–water partition coefficient (Wildman–Crippen LogP) is 3.08. The van der Waals surface area contributed by atoms with Gasteiger partial charge in [0.05, 0.1) is 0 Å². The van der Waals surface area contributed by atoms with E-state index in [1.807, 2.05) is 24.3 Å². The lowest BCUT2D eigenvalue weighted by atomic mass is 10.1. The van der Waals surface area contributed by atoms with Crippen LogP contribution in [0.2, 0.25) is 0 Å². The largest absolute Gasteiger partial charge is 0.481 e. The van der Waals surface area contributed by atoms with Gasteiger partial charge in [-0.2, -0.15) is 0 Å². The number of nitrogens with zero attached hydrogens (tertiary/aromatic N) is 1. The van der Waals surface area contributed by atoms with Crippen LogP contribution < -0.4 is 10.1 Å². The van der Waals surface area contributed by atoms with Crippen LogP contribution in [0.3, 0.4) is 0 Å². The van der Waals surface area contributed by atoms with Gasteiger partial charge >= 0.3 is 0 Å². The first-order valence-electron chi connectivity index (χ1n) is 9.02. The molecule has 0 saturated heterocycles. The molecule has 1 aliphatic heterocycles. The van der Waals surface area contributed by atoms with E-state index >= 15 is 0 Å². The molecule has 6 heteroatoms. The Balaban J connectivity index is 1.77. The predicted molar refractivity (Wildman–Crippen MR) is 103 cm³/mol. The highest BCUT2D eigenvalue weighted by atomic mass is 16.5. The fourth-order valence-corrected chi connectivity index (χ4v) is 3.06. The minimum atomic E-state index is -0.543. The summed E-state index contributed by atoms with van der Waals surface area (Å²) in [5.41, 5.74) is 2.13. The maximum Gasteiger partial charge on any atom is 0.263 e. The number of anilines is 1. The lowest BCUT2D eigenvalue weighted by Gasteiger charge is -2.22. The van der Waals surface area contributed by atoms with E-state index in [2.05, 4.69) is 5.32 Å². The number of fused-ring (bicyclic) bond motifs is 1. The Kier molecular flexibility index (Phi) is 6.08. The summed E-state index contributed by atoms with van der Waals surface area (Å²) < 4.78 is 10.9. The molecule has 0 unspecified atom stereocenters. The second kappa shape index (κ2) is 8.68. The number of ether oxygens (including phenoxy) is 2. The SMILES string of the molecule is COCCCN1Cc2cc(NC(=O)c3ccccc3)ccc2O[C@H](C)C1=O. The number of methoxy groups -OCH3 is 1. The molecule has 1 N–H and O–H groups in total. The molecule has 0 spiro atoms. The third-order valence-corrected chi connectivity index (χ3v) is 4.46. The molecule has 2 aromatic rings. The lowest BCUT2D eigenvalue weighted by molar-refractivity contribution is -0.137. The Morgan fingerprint density at radius 2 is 2.04 bits per heavy atom. The number of nitrogens with one attached hydrogen (secondary N) is 1. The van der Waals surface area contributed by atoms with E-state index in [0.29, 0.717) is 36.7 Å². The molecule has 0 aromatic heterocycles. The summed E-state index contributed by atoms with van der Waals surface area (Å²) in [5, 5.41) is 2.90. The number of rotatable bonds is 6. The summed E-state index contributed by atoms with van der Waals surface area (Å²) in [6, 6.07) is 14.5. The molecule has 142 valence electrons. The van der Waals surface area contributed by atoms with Gasteiger partial charge in [-0.05, 0) is 43.7 Å². The van der Waals surface area contributed by atoms with Crippen molar-refractivity contribution in [1.29, 1.82) is 0 Å². The number of carbonyl (C=O) groups is 2. The van der Waals surface area contributed by atoms with Crippen LogP contribution in [0, 0.1) is 0 Å². The van der Waals surface area contributed by atoms with Crippen LogP contribution in [-0.4, -0.2) is 43.1 Å². The number of hydrogen-bond acceptors (Lipinski definition) is 4. The van der Waals surface area contributed by atoms with Gasteiger partial charge in [-0.1, -0.05) is 18.2 Å². The van der Waals surface area contributed by atoms with Crippen molar-refractivity contribution in [1.82, 2.24) is 4.90 Å². The van der Waals surface area contributed by atoms with Crippen molar-refractivity contribution in [2.45, 2.75) is 26.0 Å². The summed E-state index contributed by atoms with van der Waals surface area (Å²) in [4.78, 5) is 26.7. The summed E-state index contributed by atoms with van der Waals surface area (Å²) in [7, 11) is 1.65. The van der Waals surface area contributed by atoms with E-state index in [1.54, 1.807) is 43.2 Å². The van der Waals surface area contributed by atoms with Crippen LogP contribution >= 0.6 is 0 Å². The molecular weight excluding hydrogens is 344 g/mol. The van der Waals surface area contributed by atoms with Gasteiger partial charge in [0.25, 0.3) is 11.8 Å². The molecule has 3 rings (SSSR count). The third-order valence-electron chi connectivity index (χ3n) is 4.46. The third kappa shape index (κ3) is 4.65. The molecular formula is C21H24N2O4. The summed E-state index contributed by atoms with van der Waals surface area (Å²) in [5.74, 6) is 0.450. The van der Waals surface area contributed by atoms with Crippen LogP contribution in [0.15, 0.2) is 48.5 Å². The number of carbonyl (C=O) groups excluding carboxylic acids is 2. The smallest absolute Gasteiger partial charge is 0.263 e. The van der Waals surface area contributed by atoms with E-state index in [-0.39, 0.29) is 11.8 Å². The number of benzene rings is 2. The fraction of sp³-hybridized carbons (Fsp3) is 0.333. The Bertz CT molecular complexity index is 807. The van der Waals surface area contributed by atoms with E-state index in [4.69, 9.17) is 9.47 Å². The van der Waals surface area contributed by atoms with Crippen molar-refractivity contribution in [2.24, 2.45) is 0 Å². The highest BCUT2D eigenvalue weighted by Gasteiger charge is 2.27. The van der Waals surface area contributed by atoms with Gasteiger partial charge in [0.2, 0.25) is 0 Å². The molecule has 6 nitrogen and oxygen atoms in total. The summed E-state index contributed by atoms with van der Waals surface area (Å²) in [6.07, 6.45) is 0.216. The first-order valence-corrected chi connectivity index (χ1v) is 9.02. The molecule has 0 radical (unpaired) electrons. The topological polar surface area (TPSA) is 67.9 Å². The van der Waals surface area contributed by atoms with Gasteiger partial charge in [0.1, 0.15) is 5.75 Å². The van der Waals surface area contributed by atoms with Gasteiger partial charge in [-0.15, -0.1) is 0 Å². The van der Waals surface area contributed by atoms with Crippen LogP contribution in [0.4, 0.5) is 5.69 Å². The Hall–Kier alpha value is -2.86. The van der Waals surface area contributed by atoms with Crippen LogP contribution in [-0.2, 0) is 16.1 Å². The Morgan fingerprint density at radius 1 is 1.26 bits per heavy atom. The van der Waals surface area contributed by atoms with Crippen molar-refractivity contribution in [3.8, 4) is 5.75 Å². The Labute approximate surface area is 159 Å². The minimum absolute atomic E-state index is 0.0443. The second-order valence-electron chi connectivity index (χ2n) is 6.51. The molecule has 2 aromatic carbocycles. The van der Waals surface area contributed by atoms with Gasteiger partial charge in [0, 0.05) is 43.6 Å². The lowest BCUT2D eigenvalue weighted by Crippen LogP contribution is -2.38. The molecule has 0 aliphatic carbocycles. The zero-order chi connectivity index (χ0) is 19.2. The normalized spacial score (nSPS) is 16.3. The van der Waals surface area contributed by atoms with Crippen molar-refractivity contribution in [3.05, 3.63) is 59.7 Å². The van der Waals surface area contributed by atoms with Crippen molar-refractivity contribution in [2.75, 3.05) is 25.6 Å². The van der Waals surface area contributed by atoms with Gasteiger partial charge in [0.15, 0.2) is 6.10 Å². The standard InChI is InChI=1S/C21H24N2O4/c1-15-21(25)23(11-6-12-26-2)14-17-13-18(9-10-19(17)27-15)22-20(24)16-7-4-3-5-8-16/h3-5,7-10,13,15H,6,11-12,14H2,1-2H3,(H,22,24)/t15-/m1/s1. The van der Waals surface area contributed by atoms with Crippen molar-refractivity contribution >= 4 is 17.5 Å². The van der Waals surface area contributed by atoms with E-state index < -0.39 is 6.10 Å². The molecule has 2 amide bonds. The van der Waals surface area contributed by atoms with Gasteiger partial charge < -0.3 is 19.7 Å². The molecule has 1 atom stereocenters. The highest BCUT2D eigenvalue weighted by molar-refractivity contribution is 6.04. The van der Waals surface area contributed by atoms with Crippen molar-refractivity contribution < 1.29 is 19.1 Å². The average molecular weight is 368 g/mol. The zero-order valence-electron chi connectivity index (χ0n) is 15.6. The zero-order valence-corrected chi connectivity index (χ0v) is 15.6. The van der Waals surface area contributed by atoms with Crippen molar-refractivity contribution in [3.63, 3.8) is 0 Å². The number of hydrogen-bond donors (Lipinski definition) is 1. The quantitative estimate of drug-likeness (QED) is 0.796. The van der Waals surface area contributed by atoms with Crippen LogP contribution in [0.5, 0.6) is 5.75 Å². The fourth-order valence-electron chi connectivity index (χ4n) is 3.06. The van der Waals surface area contributed by atoms with Gasteiger partial charge in [-0.25, -0.2) is 0 Å². The van der Waals surface area contributed by atoms with E-state index in [0.717, 1.165) is 12.0 Å². The molecule has 1 aliphatic rings. The van der Waals surface area contributed by atoms with E-state index in [9.17, 15) is 9.59 Å². The first kappa shape index (κ1) is 18.9. The minimum Gasteiger partial charge on any atom is -0.481 e. The van der Waals surface area contributed by atoms with Crippen LogP contribution in [0.1, 0.15) is 29.3 Å². The molecule has 27 heavy (non-hydrogen) atoms. The highest BCUT2D eigenvalue weighted by Crippen LogP contribution is 2.29. The molecule has 0 fully saturated rings. The van der Waals surface area contributed by atoms with E-state index in [1.165, 1.54) is 0 Å². The maximum absolute atomic E-state index is 12.5. The second-order valence-corrected chi connectivity index (χ2v) is 6.51. The molecule has 0 bridgehead atoms.